The predicted octanol–water partition coefficient (Wildman–Crippen LogP) is 1.77. The number of carbonyl (C=O) groups is 1. The number of sulfonamides is 1. The molecule has 1 amide bonds. The minimum absolute atomic E-state index is 0.129. The Morgan fingerprint density at radius 2 is 1.62 bits per heavy atom. The number of benzene rings is 2. The zero-order valence-corrected chi connectivity index (χ0v) is 23.3. The van der Waals surface area contributed by atoms with Crippen LogP contribution in [0.4, 0.5) is 5.95 Å². The Hall–Kier alpha value is -3.42. The van der Waals surface area contributed by atoms with Crippen LogP contribution in [0, 0.1) is 0 Å². The van der Waals surface area contributed by atoms with E-state index in [0.717, 1.165) is 30.8 Å². The number of hydroxylamine groups is 1. The molecule has 1 aliphatic rings. The topological polar surface area (TPSA) is 122 Å². The number of anilines is 1. The molecule has 12 heteroatoms. The lowest BCUT2D eigenvalue weighted by Crippen LogP contribution is -2.49. The molecule has 1 aliphatic heterocycles. The van der Waals surface area contributed by atoms with Gasteiger partial charge in [0.1, 0.15) is 0 Å². The van der Waals surface area contributed by atoms with Crippen molar-refractivity contribution in [2.45, 2.75) is 11.4 Å². The van der Waals surface area contributed by atoms with Crippen LogP contribution < -0.4 is 10.4 Å². The molecule has 3 aromatic rings. The summed E-state index contributed by atoms with van der Waals surface area (Å²) in [6.07, 6.45) is 2.64. The molecule has 39 heavy (non-hydrogen) atoms. The lowest BCUT2D eigenvalue weighted by molar-refractivity contribution is 0.0705. The quantitative estimate of drug-likeness (QED) is 0.286. The van der Waals surface area contributed by atoms with Crippen molar-refractivity contribution in [2.75, 3.05) is 65.3 Å². The molecule has 0 radical (unpaired) electrons. The number of likely N-dealkylation sites (N-methyl/N-ethyl adjacent to an activating group) is 2. The van der Waals surface area contributed by atoms with Gasteiger partial charge < -0.3 is 14.7 Å². The van der Waals surface area contributed by atoms with Crippen molar-refractivity contribution < 1.29 is 18.4 Å². The molecule has 4 rings (SSSR count). The maximum absolute atomic E-state index is 13.5. The first-order valence-corrected chi connectivity index (χ1v) is 14.2. The fourth-order valence-electron chi connectivity index (χ4n) is 4.34. The molecule has 2 aromatic carbocycles. The number of hydrogen-bond acceptors (Lipinski definition) is 9. The molecule has 2 N–H and O–H groups in total. The van der Waals surface area contributed by atoms with E-state index < -0.39 is 15.9 Å². The van der Waals surface area contributed by atoms with Crippen LogP contribution in [0.5, 0.6) is 0 Å². The highest BCUT2D eigenvalue weighted by Gasteiger charge is 2.29. The maximum Gasteiger partial charge on any atom is 0.277 e. The number of carbonyl (C=O) groups excluding carboxylic acids is 1. The van der Waals surface area contributed by atoms with E-state index in [1.807, 2.05) is 23.1 Å². The van der Waals surface area contributed by atoms with Gasteiger partial charge in [-0.1, -0.05) is 36.4 Å². The summed E-state index contributed by atoms with van der Waals surface area (Å²) in [5, 5.41) is 8.73. The summed E-state index contributed by atoms with van der Waals surface area (Å²) >= 11 is 0. The molecular formula is C27H35N7O4S. The molecule has 0 unspecified atom stereocenters. The van der Waals surface area contributed by atoms with Crippen LogP contribution in [0.25, 0.3) is 11.1 Å². The Balaban J connectivity index is 1.39. The summed E-state index contributed by atoms with van der Waals surface area (Å²) in [7, 11) is 2.55. The van der Waals surface area contributed by atoms with Crippen molar-refractivity contribution in [3.63, 3.8) is 0 Å². The molecule has 11 nitrogen and oxygen atoms in total. The summed E-state index contributed by atoms with van der Waals surface area (Å²) in [6.45, 7) is 4.21. The second-order valence-corrected chi connectivity index (χ2v) is 11.8. The van der Waals surface area contributed by atoms with Gasteiger partial charge in [0.25, 0.3) is 5.91 Å². The molecule has 1 saturated heterocycles. The number of rotatable bonds is 10. The van der Waals surface area contributed by atoms with Crippen LogP contribution in [0.3, 0.4) is 0 Å². The third kappa shape index (κ3) is 7.16. The van der Waals surface area contributed by atoms with Gasteiger partial charge in [0.2, 0.25) is 16.0 Å². The Morgan fingerprint density at radius 1 is 0.949 bits per heavy atom. The normalized spacial score (nSPS) is 14.7. The first-order valence-electron chi connectivity index (χ1n) is 12.7. The van der Waals surface area contributed by atoms with Crippen molar-refractivity contribution in [3.05, 3.63) is 72.1 Å². The lowest BCUT2D eigenvalue weighted by atomic mass is 10.0. The van der Waals surface area contributed by atoms with Crippen molar-refractivity contribution in [2.24, 2.45) is 0 Å². The predicted molar refractivity (Wildman–Crippen MR) is 149 cm³/mol. The molecular weight excluding hydrogens is 518 g/mol. The van der Waals surface area contributed by atoms with Crippen LogP contribution in [-0.2, 0) is 16.6 Å². The Morgan fingerprint density at radius 3 is 2.23 bits per heavy atom. The monoisotopic (exact) mass is 553 g/mol. The molecule has 0 bridgehead atoms. The van der Waals surface area contributed by atoms with Gasteiger partial charge in [0.15, 0.2) is 0 Å². The summed E-state index contributed by atoms with van der Waals surface area (Å²) < 4.78 is 28.4. The average molecular weight is 554 g/mol. The van der Waals surface area contributed by atoms with Crippen LogP contribution in [0.1, 0.15) is 15.9 Å². The zero-order valence-electron chi connectivity index (χ0n) is 22.5. The smallest absolute Gasteiger partial charge is 0.277 e. The van der Waals surface area contributed by atoms with Gasteiger partial charge in [-0.25, -0.2) is 23.9 Å². The van der Waals surface area contributed by atoms with Crippen LogP contribution in [0.2, 0.25) is 0 Å². The summed E-state index contributed by atoms with van der Waals surface area (Å²) in [5.41, 5.74) is 4.69. The SMILES string of the molecule is CN(C)CCN(C)Cc1ccc(-c2cccc(S(=O)(=O)N3CCN(c4ncc(C(=O)NO)cn4)CC3)c2)cc1. The Kier molecular flexibility index (Phi) is 9.25. The van der Waals surface area contributed by atoms with Crippen molar-refractivity contribution in [1.82, 2.24) is 29.6 Å². The molecule has 208 valence electrons. The third-order valence-electron chi connectivity index (χ3n) is 6.66. The van der Waals surface area contributed by atoms with Crippen LogP contribution >= 0.6 is 0 Å². The average Bonchev–Trinajstić information content (AvgIpc) is 2.96. The Labute approximate surface area is 229 Å². The number of aromatic nitrogens is 2. The number of piperazine rings is 1. The van der Waals surface area contributed by atoms with E-state index in [4.69, 9.17) is 5.21 Å². The highest BCUT2D eigenvalue weighted by atomic mass is 32.2. The van der Waals surface area contributed by atoms with E-state index in [0.29, 0.717) is 19.0 Å². The number of nitrogens with zero attached hydrogens (tertiary/aromatic N) is 6. The number of hydrogen-bond donors (Lipinski definition) is 2. The van der Waals surface area contributed by atoms with Crippen molar-refractivity contribution in [3.8, 4) is 11.1 Å². The Bertz CT molecular complexity index is 1360. The van der Waals surface area contributed by atoms with Crippen molar-refractivity contribution in [1.29, 1.82) is 0 Å². The summed E-state index contributed by atoms with van der Waals surface area (Å²) in [6, 6.07) is 15.3. The highest BCUT2D eigenvalue weighted by Crippen LogP contribution is 2.26. The molecule has 0 aliphatic carbocycles. The van der Waals surface area contributed by atoms with Crippen LogP contribution in [0.15, 0.2) is 65.8 Å². The van der Waals surface area contributed by atoms with Gasteiger partial charge in [-0.3, -0.25) is 10.0 Å². The zero-order chi connectivity index (χ0) is 28.0. The third-order valence-corrected chi connectivity index (χ3v) is 8.56. The first kappa shape index (κ1) is 28.6. The first-order chi connectivity index (χ1) is 18.7. The van der Waals surface area contributed by atoms with Gasteiger partial charge in [-0.15, -0.1) is 0 Å². The largest absolute Gasteiger partial charge is 0.338 e. The minimum Gasteiger partial charge on any atom is -0.338 e. The standard InChI is InChI=1S/C27H35N7O4S/c1-31(2)11-12-32(3)20-21-7-9-22(10-8-21)23-5-4-6-25(17-23)39(37,38)34-15-13-33(14-16-34)27-28-18-24(19-29-27)26(35)30-36/h4-10,17-19,36H,11-16,20H2,1-3H3,(H,30,35). The van der Waals surface area contributed by atoms with E-state index in [1.165, 1.54) is 27.7 Å². The molecule has 1 fully saturated rings. The molecule has 0 spiro atoms. The van der Waals surface area contributed by atoms with Gasteiger partial charge in [-0.05, 0) is 50.0 Å². The van der Waals surface area contributed by atoms with Gasteiger partial charge in [-0.2, -0.15) is 4.31 Å². The number of amides is 1. The maximum atomic E-state index is 13.5. The molecule has 0 saturated carbocycles. The summed E-state index contributed by atoms with van der Waals surface area (Å²) in [4.78, 5) is 26.4. The molecule has 2 heterocycles. The van der Waals surface area contributed by atoms with E-state index in [-0.39, 0.29) is 23.5 Å². The van der Waals surface area contributed by atoms with Gasteiger partial charge in [0, 0.05) is 58.2 Å². The van der Waals surface area contributed by atoms with E-state index in [1.54, 1.807) is 18.2 Å². The second kappa shape index (κ2) is 12.6. The number of nitrogens with one attached hydrogen (secondary N) is 1. The fraction of sp³-hybridized carbons (Fsp3) is 0.370. The lowest BCUT2D eigenvalue weighted by Gasteiger charge is -2.34. The van der Waals surface area contributed by atoms with Crippen LogP contribution in [-0.4, -0.2) is 104 Å². The molecule has 1 aromatic heterocycles. The second-order valence-electron chi connectivity index (χ2n) is 9.87. The van der Waals surface area contributed by atoms with E-state index >= 15 is 0 Å². The van der Waals surface area contributed by atoms with E-state index in [9.17, 15) is 13.2 Å². The highest BCUT2D eigenvalue weighted by molar-refractivity contribution is 7.89. The minimum atomic E-state index is -3.68. The van der Waals surface area contributed by atoms with Gasteiger partial charge in [0.05, 0.1) is 10.5 Å². The summed E-state index contributed by atoms with van der Waals surface area (Å²) in [5.74, 6) is -0.297. The van der Waals surface area contributed by atoms with E-state index in [2.05, 4.69) is 53.0 Å². The molecule has 0 atom stereocenters. The fourth-order valence-corrected chi connectivity index (χ4v) is 5.81. The van der Waals surface area contributed by atoms with Crippen molar-refractivity contribution >= 4 is 21.9 Å². The van der Waals surface area contributed by atoms with Gasteiger partial charge >= 0.3 is 0 Å².